The van der Waals surface area contributed by atoms with Gasteiger partial charge in [0.05, 0.1) is 0 Å². The van der Waals surface area contributed by atoms with E-state index < -0.39 is 0 Å². The molecular formula is C15H23N3O2. The summed E-state index contributed by atoms with van der Waals surface area (Å²) in [6, 6.07) is 3.51. The lowest BCUT2D eigenvalue weighted by atomic mass is 9.71. The lowest BCUT2D eigenvalue weighted by molar-refractivity contribution is 0.0532. The van der Waals surface area contributed by atoms with Crippen molar-refractivity contribution < 1.29 is 9.94 Å². The first kappa shape index (κ1) is 14.6. The molecule has 0 saturated heterocycles. The summed E-state index contributed by atoms with van der Waals surface area (Å²) in [6.07, 6.45) is 5.11. The molecule has 0 radical (unpaired) electrons. The molecule has 0 amide bonds. The van der Waals surface area contributed by atoms with E-state index in [-0.39, 0.29) is 11.9 Å². The molecule has 110 valence electrons. The van der Waals surface area contributed by atoms with Crippen molar-refractivity contribution in [3.05, 3.63) is 23.9 Å². The van der Waals surface area contributed by atoms with Crippen LogP contribution in [-0.2, 0) is 0 Å². The first-order valence-electron chi connectivity index (χ1n) is 7.00. The lowest BCUT2D eigenvalue weighted by Gasteiger charge is -2.38. The molecule has 1 aliphatic carbocycles. The SMILES string of the molecule is CC1CC(Oc2ccc(/C(N)=N/O)cn2)CC(C)(C)C1. The Kier molecular flexibility index (Phi) is 4.16. The molecule has 20 heavy (non-hydrogen) atoms. The van der Waals surface area contributed by atoms with E-state index in [1.807, 2.05) is 0 Å². The summed E-state index contributed by atoms with van der Waals surface area (Å²) in [7, 11) is 0. The minimum Gasteiger partial charge on any atom is -0.474 e. The van der Waals surface area contributed by atoms with E-state index >= 15 is 0 Å². The summed E-state index contributed by atoms with van der Waals surface area (Å²) < 4.78 is 5.98. The van der Waals surface area contributed by atoms with Crippen LogP contribution < -0.4 is 10.5 Å². The van der Waals surface area contributed by atoms with Gasteiger partial charge >= 0.3 is 0 Å². The standard InChI is InChI=1S/C15H23N3O2/c1-10-6-12(8-15(2,3)7-10)20-13-5-4-11(9-17-13)14(16)18-19/h4-5,9-10,12,19H,6-8H2,1-3H3,(H2,16,18). The predicted octanol–water partition coefficient (Wildman–Crippen LogP) is 2.77. The van der Waals surface area contributed by atoms with Crippen molar-refractivity contribution in [1.29, 1.82) is 0 Å². The number of nitrogens with zero attached hydrogens (tertiary/aromatic N) is 2. The third-order valence-corrected chi connectivity index (χ3v) is 3.77. The number of rotatable bonds is 3. The summed E-state index contributed by atoms with van der Waals surface area (Å²) in [5.74, 6) is 1.31. The van der Waals surface area contributed by atoms with Crippen LogP contribution in [0.3, 0.4) is 0 Å². The zero-order chi connectivity index (χ0) is 14.8. The van der Waals surface area contributed by atoms with Crippen LogP contribution in [-0.4, -0.2) is 22.1 Å². The Labute approximate surface area is 119 Å². The van der Waals surface area contributed by atoms with Gasteiger partial charge in [0.25, 0.3) is 0 Å². The maximum Gasteiger partial charge on any atom is 0.213 e. The van der Waals surface area contributed by atoms with Gasteiger partial charge in [-0.3, -0.25) is 0 Å². The highest BCUT2D eigenvalue weighted by Gasteiger charge is 2.33. The van der Waals surface area contributed by atoms with Crippen molar-refractivity contribution in [2.75, 3.05) is 0 Å². The fourth-order valence-corrected chi connectivity index (χ4v) is 3.18. The smallest absolute Gasteiger partial charge is 0.213 e. The minimum absolute atomic E-state index is 0.0523. The molecule has 2 unspecified atom stereocenters. The number of pyridine rings is 1. The van der Waals surface area contributed by atoms with Crippen LogP contribution in [0.4, 0.5) is 0 Å². The van der Waals surface area contributed by atoms with Gasteiger partial charge in [0.2, 0.25) is 5.88 Å². The molecule has 1 aromatic rings. The van der Waals surface area contributed by atoms with Crippen molar-refractivity contribution in [1.82, 2.24) is 4.98 Å². The Morgan fingerprint density at radius 3 is 2.75 bits per heavy atom. The second kappa shape index (κ2) is 5.69. The van der Waals surface area contributed by atoms with Gasteiger partial charge < -0.3 is 15.7 Å². The summed E-state index contributed by atoms with van der Waals surface area (Å²) in [4.78, 5) is 4.22. The topological polar surface area (TPSA) is 80.7 Å². The molecule has 3 N–H and O–H groups in total. The second-order valence-corrected chi connectivity index (χ2v) is 6.52. The Bertz CT molecular complexity index is 482. The van der Waals surface area contributed by atoms with Gasteiger partial charge in [-0.15, -0.1) is 0 Å². The van der Waals surface area contributed by atoms with E-state index in [0.29, 0.717) is 22.8 Å². The number of ether oxygens (including phenoxy) is 1. The molecule has 1 fully saturated rings. The number of hydrogen-bond acceptors (Lipinski definition) is 4. The minimum atomic E-state index is 0.0523. The fraction of sp³-hybridized carbons (Fsp3) is 0.600. The normalized spacial score (nSPS) is 26.2. The average Bonchev–Trinajstić information content (AvgIpc) is 2.36. The number of nitrogens with two attached hydrogens (primary N) is 1. The van der Waals surface area contributed by atoms with Crippen LogP contribution in [0.1, 0.15) is 45.6 Å². The van der Waals surface area contributed by atoms with Crippen molar-refractivity contribution in [2.24, 2.45) is 22.2 Å². The van der Waals surface area contributed by atoms with Gasteiger partial charge in [0, 0.05) is 17.8 Å². The van der Waals surface area contributed by atoms with Gasteiger partial charge in [-0.2, -0.15) is 0 Å². The molecule has 0 bridgehead atoms. The van der Waals surface area contributed by atoms with Gasteiger partial charge in [0.1, 0.15) is 6.10 Å². The quantitative estimate of drug-likeness (QED) is 0.385. The maximum atomic E-state index is 8.61. The van der Waals surface area contributed by atoms with Crippen LogP contribution >= 0.6 is 0 Å². The van der Waals surface area contributed by atoms with Crippen LogP contribution in [0.25, 0.3) is 0 Å². The molecule has 1 heterocycles. The molecule has 1 saturated carbocycles. The van der Waals surface area contributed by atoms with E-state index in [1.165, 1.54) is 6.42 Å². The fourth-order valence-electron chi connectivity index (χ4n) is 3.18. The maximum absolute atomic E-state index is 8.61. The Morgan fingerprint density at radius 1 is 1.45 bits per heavy atom. The summed E-state index contributed by atoms with van der Waals surface area (Å²) >= 11 is 0. The van der Waals surface area contributed by atoms with Gasteiger partial charge in [-0.1, -0.05) is 25.9 Å². The largest absolute Gasteiger partial charge is 0.474 e. The molecular weight excluding hydrogens is 254 g/mol. The number of amidine groups is 1. The highest BCUT2D eigenvalue weighted by molar-refractivity contribution is 5.96. The van der Waals surface area contributed by atoms with Crippen molar-refractivity contribution >= 4 is 5.84 Å². The van der Waals surface area contributed by atoms with Crippen LogP contribution in [0.2, 0.25) is 0 Å². The zero-order valence-corrected chi connectivity index (χ0v) is 12.3. The average molecular weight is 277 g/mol. The van der Waals surface area contributed by atoms with E-state index in [4.69, 9.17) is 15.7 Å². The van der Waals surface area contributed by atoms with Crippen LogP contribution in [0.15, 0.2) is 23.5 Å². The Balaban J connectivity index is 2.03. The zero-order valence-electron chi connectivity index (χ0n) is 12.3. The van der Waals surface area contributed by atoms with Crippen molar-refractivity contribution in [3.8, 4) is 5.88 Å². The number of hydrogen-bond donors (Lipinski definition) is 2. The molecule has 5 heteroatoms. The lowest BCUT2D eigenvalue weighted by Crippen LogP contribution is -2.34. The monoisotopic (exact) mass is 277 g/mol. The van der Waals surface area contributed by atoms with Gasteiger partial charge in [0.15, 0.2) is 5.84 Å². The van der Waals surface area contributed by atoms with E-state index in [0.717, 1.165) is 12.8 Å². The third kappa shape index (κ3) is 3.62. The van der Waals surface area contributed by atoms with E-state index in [9.17, 15) is 0 Å². The summed E-state index contributed by atoms with van der Waals surface area (Å²) in [6.45, 7) is 6.84. The van der Waals surface area contributed by atoms with Crippen molar-refractivity contribution in [2.45, 2.75) is 46.1 Å². The van der Waals surface area contributed by atoms with Gasteiger partial charge in [-0.05, 0) is 36.7 Å². The molecule has 0 spiro atoms. The number of aromatic nitrogens is 1. The van der Waals surface area contributed by atoms with Gasteiger partial charge in [-0.25, -0.2) is 4.98 Å². The molecule has 1 aliphatic rings. The highest BCUT2D eigenvalue weighted by atomic mass is 16.5. The molecule has 2 rings (SSSR count). The van der Waals surface area contributed by atoms with E-state index in [2.05, 4.69) is 30.9 Å². The van der Waals surface area contributed by atoms with E-state index in [1.54, 1.807) is 18.3 Å². The molecule has 1 aromatic heterocycles. The molecule has 0 aromatic carbocycles. The van der Waals surface area contributed by atoms with Crippen molar-refractivity contribution in [3.63, 3.8) is 0 Å². The third-order valence-electron chi connectivity index (χ3n) is 3.77. The Hall–Kier alpha value is -1.78. The first-order chi connectivity index (χ1) is 9.39. The summed E-state index contributed by atoms with van der Waals surface area (Å²) in [5.41, 5.74) is 6.40. The molecule has 2 atom stereocenters. The first-order valence-corrected chi connectivity index (χ1v) is 7.00. The summed E-state index contributed by atoms with van der Waals surface area (Å²) in [5, 5.41) is 11.6. The van der Waals surface area contributed by atoms with Crippen LogP contribution in [0.5, 0.6) is 5.88 Å². The second-order valence-electron chi connectivity index (χ2n) is 6.52. The van der Waals surface area contributed by atoms with Crippen LogP contribution in [0, 0.1) is 11.3 Å². The predicted molar refractivity (Wildman–Crippen MR) is 78.0 cm³/mol. The Morgan fingerprint density at radius 2 is 2.20 bits per heavy atom. The molecule has 0 aliphatic heterocycles. The number of oxime groups is 1. The highest BCUT2D eigenvalue weighted by Crippen LogP contribution is 2.39. The molecule has 5 nitrogen and oxygen atoms in total.